The molecule has 0 aliphatic carbocycles. The van der Waals surface area contributed by atoms with Crippen molar-refractivity contribution in [3.63, 3.8) is 0 Å². The Bertz CT molecular complexity index is 590. The summed E-state index contributed by atoms with van der Waals surface area (Å²) in [6.45, 7) is 1.89. The summed E-state index contributed by atoms with van der Waals surface area (Å²) in [5, 5.41) is 7.40. The standard InChI is InChI=1S/C12H11BrClN3O/c1-7-5-11(16-17(7)2)12(18)15-8-3-4-9(13)10(14)6-8/h3-6H,1-2H3,(H,15,18). The minimum atomic E-state index is -0.253. The number of anilines is 1. The maximum Gasteiger partial charge on any atom is 0.276 e. The maximum atomic E-state index is 11.9. The summed E-state index contributed by atoms with van der Waals surface area (Å²) in [7, 11) is 1.79. The molecule has 18 heavy (non-hydrogen) atoms. The molecule has 0 fully saturated rings. The first-order chi connectivity index (χ1) is 8.47. The number of carbonyl (C=O) groups is 1. The van der Waals surface area contributed by atoms with E-state index >= 15 is 0 Å². The second kappa shape index (κ2) is 5.12. The molecule has 0 radical (unpaired) electrons. The van der Waals surface area contributed by atoms with Crippen molar-refractivity contribution in [1.82, 2.24) is 9.78 Å². The lowest BCUT2D eigenvalue weighted by molar-refractivity contribution is 0.102. The predicted molar refractivity (Wildman–Crippen MR) is 75.1 cm³/mol. The van der Waals surface area contributed by atoms with Crippen LogP contribution in [0.3, 0.4) is 0 Å². The summed E-state index contributed by atoms with van der Waals surface area (Å²) < 4.78 is 2.44. The lowest BCUT2D eigenvalue weighted by atomic mass is 10.3. The number of benzene rings is 1. The van der Waals surface area contributed by atoms with E-state index < -0.39 is 0 Å². The minimum absolute atomic E-state index is 0.253. The lowest BCUT2D eigenvalue weighted by Crippen LogP contribution is -2.12. The molecule has 1 N–H and O–H groups in total. The monoisotopic (exact) mass is 327 g/mol. The quantitative estimate of drug-likeness (QED) is 0.918. The average Bonchev–Trinajstić information content (AvgIpc) is 2.65. The Labute approximate surface area is 118 Å². The third-order valence-electron chi connectivity index (χ3n) is 2.52. The van der Waals surface area contributed by atoms with Crippen molar-refractivity contribution in [2.45, 2.75) is 6.92 Å². The fourth-order valence-corrected chi connectivity index (χ4v) is 1.87. The van der Waals surface area contributed by atoms with Crippen molar-refractivity contribution in [2.75, 3.05) is 5.32 Å². The summed E-state index contributed by atoms with van der Waals surface area (Å²) in [6, 6.07) is 6.96. The number of amides is 1. The number of carbonyl (C=O) groups excluding carboxylic acids is 1. The number of rotatable bonds is 2. The van der Waals surface area contributed by atoms with Gasteiger partial charge in [0, 0.05) is 22.9 Å². The third kappa shape index (κ3) is 2.73. The molecule has 0 aliphatic rings. The van der Waals surface area contributed by atoms with E-state index in [-0.39, 0.29) is 5.91 Å². The van der Waals surface area contributed by atoms with Gasteiger partial charge in [0.15, 0.2) is 5.69 Å². The molecular formula is C12H11BrClN3O. The Kier molecular flexibility index (Phi) is 3.73. The Balaban J connectivity index is 2.18. The van der Waals surface area contributed by atoms with Gasteiger partial charge >= 0.3 is 0 Å². The molecule has 4 nitrogen and oxygen atoms in total. The van der Waals surface area contributed by atoms with Crippen LogP contribution in [-0.4, -0.2) is 15.7 Å². The number of aromatic nitrogens is 2. The van der Waals surface area contributed by atoms with Crippen LogP contribution < -0.4 is 5.32 Å². The largest absolute Gasteiger partial charge is 0.321 e. The molecule has 2 aromatic rings. The number of nitrogens with zero attached hydrogens (tertiary/aromatic N) is 2. The van der Waals surface area contributed by atoms with Crippen molar-refractivity contribution in [3.05, 3.63) is 45.1 Å². The fourth-order valence-electron chi connectivity index (χ4n) is 1.44. The maximum absolute atomic E-state index is 11.9. The molecule has 94 valence electrons. The highest BCUT2D eigenvalue weighted by Crippen LogP contribution is 2.25. The van der Waals surface area contributed by atoms with E-state index in [1.165, 1.54) is 0 Å². The van der Waals surface area contributed by atoms with Crippen LogP contribution in [0.1, 0.15) is 16.2 Å². The molecule has 0 saturated carbocycles. The molecule has 0 spiro atoms. The van der Waals surface area contributed by atoms with Crippen LogP contribution in [0.5, 0.6) is 0 Å². The number of halogens is 2. The topological polar surface area (TPSA) is 46.9 Å². The molecule has 1 amide bonds. The Morgan fingerprint density at radius 3 is 2.72 bits per heavy atom. The van der Waals surface area contributed by atoms with E-state index in [4.69, 9.17) is 11.6 Å². The molecule has 0 aliphatic heterocycles. The predicted octanol–water partition coefficient (Wildman–Crippen LogP) is 3.40. The van der Waals surface area contributed by atoms with Gasteiger partial charge in [0.25, 0.3) is 5.91 Å². The first kappa shape index (κ1) is 13.1. The van der Waals surface area contributed by atoms with Crippen LogP contribution in [-0.2, 0) is 7.05 Å². The van der Waals surface area contributed by atoms with E-state index in [1.54, 1.807) is 36.0 Å². The average molecular weight is 329 g/mol. The molecular weight excluding hydrogens is 318 g/mol. The molecule has 0 unspecified atom stereocenters. The third-order valence-corrected chi connectivity index (χ3v) is 3.76. The van der Waals surface area contributed by atoms with Crippen molar-refractivity contribution < 1.29 is 4.79 Å². The molecule has 1 aromatic heterocycles. The zero-order valence-corrected chi connectivity index (χ0v) is 12.2. The summed E-state index contributed by atoms with van der Waals surface area (Å²) in [4.78, 5) is 11.9. The normalized spacial score (nSPS) is 10.4. The van der Waals surface area contributed by atoms with Crippen molar-refractivity contribution >= 4 is 39.1 Å². The molecule has 0 bridgehead atoms. The van der Waals surface area contributed by atoms with E-state index in [9.17, 15) is 4.79 Å². The van der Waals surface area contributed by atoms with Crippen LogP contribution in [0.15, 0.2) is 28.7 Å². The van der Waals surface area contributed by atoms with Gasteiger partial charge in [0.05, 0.1) is 5.02 Å². The Morgan fingerprint density at radius 2 is 2.17 bits per heavy atom. The molecule has 0 atom stereocenters. The van der Waals surface area contributed by atoms with E-state index in [1.807, 2.05) is 6.92 Å². The number of aryl methyl sites for hydroxylation is 2. The highest BCUT2D eigenvalue weighted by molar-refractivity contribution is 9.10. The summed E-state index contributed by atoms with van der Waals surface area (Å²) in [6.07, 6.45) is 0. The first-order valence-corrected chi connectivity index (χ1v) is 6.41. The smallest absolute Gasteiger partial charge is 0.276 e. The van der Waals surface area contributed by atoms with Crippen molar-refractivity contribution in [2.24, 2.45) is 7.05 Å². The zero-order valence-electron chi connectivity index (χ0n) is 9.87. The number of hydrogen-bond donors (Lipinski definition) is 1. The molecule has 6 heteroatoms. The van der Waals surface area contributed by atoms with Crippen molar-refractivity contribution in [3.8, 4) is 0 Å². The summed E-state index contributed by atoms with van der Waals surface area (Å²) in [5.41, 5.74) is 1.94. The van der Waals surface area contributed by atoms with Gasteiger partial charge in [0.1, 0.15) is 0 Å². The van der Waals surface area contributed by atoms with Gasteiger partial charge < -0.3 is 5.32 Å². The summed E-state index contributed by atoms with van der Waals surface area (Å²) in [5.74, 6) is -0.253. The summed E-state index contributed by atoms with van der Waals surface area (Å²) >= 11 is 9.25. The second-order valence-electron chi connectivity index (χ2n) is 3.88. The SMILES string of the molecule is Cc1cc(C(=O)Nc2ccc(Br)c(Cl)c2)nn1C. The van der Waals surface area contributed by atoms with Gasteiger partial charge in [0.2, 0.25) is 0 Å². The Morgan fingerprint density at radius 1 is 1.44 bits per heavy atom. The second-order valence-corrected chi connectivity index (χ2v) is 5.14. The molecule has 1 heterocycles. The van der Waals surface area contributed by atoms with E-state index in [2.05, 4.69) is 26.3 Å². The van der Waals surface area contributed by atoms with Crippen LogP contribution in [0.25, 0.3) is 0 Å². The number of nitrogens with one attached hydrogen (secondary N) is 1. The van der Waals surface area contributed by atoms with E-state index in [0.717, 1.165) is 10.2 Å². The first-order valence-electron chi connectivity index (χ1n) is 5.24. The highest BCUT2D eigenvalue weighted by Gasteiger charge is 2.11. The van der Waals surface area contributed by atoms with E-state index in [0.29, 0.717) is 16.4 Å². The van der Waals surface area contributed by atoms with Crippen molar-refractivity contribution in [1.29, 1.82) is 0 Å². The molecule has 0 saturated heterocycles. The van der Waals surface area contributed by atoms with Gasteiger partial charge in [-0.25, -0.2) is 0 Å². The van der Waals surface area contributed by atoms with Gasteiger partial charge in [-0.05, 0) is 47.1 Å². The van der Waals surface area contributed by atoms with Gasteiger partial charge in [-0.3, -0.25) is 9.48 Å². The molecule has 2 rings (SSSR count). The van der Waals surface area contributed by atoms with Crippen LogP contribution in [0, 0.1) is 6.92 Å². The van der Waals surface area contributed by atoms with Gasteiger partial charge in [-0.15, -0.1) is 0 Å². The van der Waals surface area contributed by atoms with Crippen LogP contribution in [0.4, 0.5) is 5.69 Å². The van der Waals surface area contributed by atoms with Crippen LogP contribution >= 0.6 is 27.5 Å². The fraction of sp³-hybridized carbons (Fsp3) is 0.167. The van der Waals surface area contributed by atoms with Gasteiger partial charge in [-0.2, -0.15) is 5.10 Å². The zero-order chi connectivity index (χ0) is 13.3. The minimum Gasteiger partial charge on any atom is -0.321 e. The molecule has 1 aromatic carbocycles. The Hall–Kier alpha value is -1.33. The highest BCUT2D eigenvalue weighted by atomic mass is 79.9. The number of hydrogen-bond acceptors (Lipinski definition) is 2. The lowest BCUT2D eigenvalue weighted by Gasteiger charge is -2.04. The van der Waals surface area contributed by atoms with Gasteiger partial charge in [-0.1, -0.05) is 11.6 Å². The van der Waals surface area contributed by atoms with Crippen LogP contribution in [0.2, 0.25) is 5.02 Å².